The van der Waals surface area contributed by atoms with Gasteiger partial charge in [0.2, 0.25) is 0 Å². The minimum absolute atomic E-state index is 0.0721. The fraction of sp³-hybridized carbons (Fsp3) is 0.833. The first kappa shape index (κ1) is 25.9. The Morgan fingerprint density at radius 3 is 2.62 bits per heavy atom. The van der Waals surface area contributed by atoms with Gasteiger partial charge in [0.1, 0.15) is 0 Å². The Hall–Kier alpha value is -1.13. The van der Waals surface area contributed by atoms with E-state index in [1.165, 1.54) is 45.4 Å². The van der Waals surface area contributed by atoms with E-state index in [-0.39, 0.29) is 24.3 Å². The van der Waals surface area contributed by atoms with E-state index in [1.807, 2.05) is 13.8 Å². The normalized spacial score (nSPS) is 39.4. The first-order valence-electron chi connectivity index (χ1n) is 13.8. The standard InChI is InChI=1S/C30H48O4/c1-20-17-23-10-12-24-25-13-11-22(9-7-8-15-28(3,4)32)29(25,5)16-14-26(24)30(23,6)18-27(20)34-19-33-21(2)31/h10,12,20,22,25-27,32H,7-9,11,13-19H2,1-6H3/t20-,22+,25?,26?,27+,29-,30?/m1/s1. The van der Waals surface area contributed by atoms with Crippen LogP contribution in [0.25, 0.3) is 0 Å². The molecule has 0 spiro atoms. The van der Waals surface area contributed by atoms with Gasteiger partial charge in [-0.3, -0.25) is 4.79 Å². The number of allylic oxidation sites excluding steroid dienone is 4. The maximum atomic E-state index is 11.2. The van der Waals surface area contributed by atoms with Crippen molar-refractivity contribution in [2.24, 2.45) is 34.5 Å². The fourth-order valence-electron chi connectivity index (χ4n) is 8.15. The summed E-state index contributed by atoms with van der Waals surface area (Å²) in [6, 6.07) is 0. The molecule has 0 aromatic heterocycles. The maximum absolute atomic E-state index is 11.2. The number of fused-ring (bicyclic) bond motifs is 5. The van der Waals surface area contributed by atoms with Crippen molar-refractivity contribution >= 4 is 5.97 Å². The van der Waals surface area contributed by atoms with Crippen LogP contribution in [0.2, 0.25) is 0 Å². The lowest BCUT2D eigenvalue weighted by molar-refractivity contribution is -0.164. The second-order valence-electron chi connectivity index (χ2n) is 13.1. The molecule has 4 rings (SSSR count). The van der Waals surface area contributed by atoms with Crippen LogP contribution in [0.15, 0.2) is 23.3 Å². The van der Waals surface area contributed by atoms with E-state index < -0.39 is 5.60 Å². The summed E-state index contributed by atoms with van der Waals surface area (Å²) < 4.78 is 11.2. The third-order valence-corrected chi connectivity index (χ3v) is 10.2. The minimum atomic E-state index is -0.538. The molecular weight excluding hydrogens is 424 g/mol. The predicted molar refractivity (Wildman–Crippen MR) is 136 cm³/mol. The van der Waals surface area contributed by atoms with Crippen LogP contribution >= 0.6 is 0 Å². The van der Waals surface area contributed by atoms with E-state index in [2.05, 4.69) is 32.9 Å². The van der Waals surface area contributed by atoms with Gasteiger partial charge in [0.15, 0.2) is 6.79 Å². The highest BCUT2D eigenvalue weighted by atomic mass is 16.7. The van der Waals surface area contributed by atoms with Crippen LogP contribution < -0.4 is 0 Å². The van der Waals surface area contributed by atoms with Gasteiger partial charge in [0.05, 0.1) is 11.7 Å². The second kappa shape index (κ2) is 9.73. The molecule has 0 radical (unpaired) electrons. The smallest absolute Gasteiger partial charge is 0.304 e. The number of hydrogen-bond donors (Lipinski definition) is 1. The van der Waals surface area contributed by atoms with Crippen LogP contribution in [0.1, 0.15) is 106 Å². The average molecular weight is 473 g/mol. The number of esters is 1. The summed E-state index contributed by atoms with van der Waals surface area (Å²) >= 11 is 0. The van der Waals surface area contributed by atoms with Gasteiger partial charge in [-0.15, -0.1) is 0 Å². The summed E-state index contributed by atoms with van der Waals surface area (Å²) in [4.78, 5) is 11.2. The van der Waals surface area contributed by atoms with E-state index in [0.717, 1.165) is 31.6 Å². The summed E-state index contributed by atoms with van der Waals surface area (Å²) in [6.07, 6.45) is 17.1. The molecule has 4 nitrogen and oxygen atoms in total. The Labute approximate surface area is 207 Å². The van der Waals surface area contributed by atoms with Crippen molar-refractivity contribution in [2.75, 3.05) is 6.79 Å². The monoisotopic (exact) mass is 472 g/mol. The molecule has 0 aromatic rings. The number of unbranched alkanes of at least 4 members (excludes halogenated alkanes) is 1. The number of carbonyl (C=O) groups excluding carboxylic acids is 1. The largest absolute Gasteiger partial charge is 0.439 e. The quantitative estimate of drug-likeness (QED) is 0.235. The van der Waals surface area contributed by atoms with Crippen LogP contribution in [-0.2, 0) is 14.3 Å². The van der Waals surface area contributed by atoms with E-state index in [0.29, 0.717) is 23.2 Å². The highest BCUT2D eigenvalue weighted by Gasteiger charge is 2.56. The molecule has 4 aliphatic rings. The van der Waals surface area contributed by atoms with Crippen LogP contribution in [0.5, 0.6) is 0 Å². The van der Waals surface area contributed by atoms with Gasteiger partial charge in [-0.25, -0.2) is 0 Å². The Bertz CT molecular complexity index is 820. The molecule has 0 bridgehead atoms. The van der Waals surface area contributed by atoms with Crippen molar-refractivity contribution in [3.8, 4) is 0 Å². The zero-order chi connectivity index (χ0) is 24.7. The molecule has 0 amide bonds. The Balaban J connectivity index is 1.45. The summed E-state index contributed by atoms with van der Waals surface area (Å²) in [5.74, 6) is 2.30. The molecule has 34 heavy (non-hydrogen) atoms. The van der Waals surface area contributed by atoms with Crippen molar-refractivity contribution in [1.82, 2.24) is 0 Å². The topological polar surface area (TPSA) is 55.8 Å². The van der Waals surface area contributed by atoms with Crippen molar-refractivity contribution in [2.45, 2.75) is 117 Å². The number of aliphatic hydroxyl groups is 1. The van der Waals surface area contributed by atoms with Crippen LogP contribution in [0.4, 0.5) is 0 Å². The lowest BCUT2D eigenvalue weighted by atomic mass is 9.49. The zero-order valence-corrected chi connectivity index (χ0v) is 22.5. The Morgan fingerprint density at radius 1 is 1.15 bits per heavy atom. The van der Waals surface area contributed by atoms with Crippen molar-refractivity contribution in [1.29, 1.82) is 0 Å². The third-order valence-electron chi connectivity index (χ3n) is 10.2. The van der Waals surface area contributed by atoms with Crippen molar-refractivity contribution < 1.29 is 19.4 Å². The van der Waals surface area contributed by atoms with Gasteiger partial charge in [0, 0.05) is 6.92 Å². The average Bonchev–Trinajstić information content (AvgIpc) is 3.07. The maximum Gasteiger partial charge on any atom is 0.304 e. The molecule has 0 aliphatic heterocycles. The lowest BCUT2D eigenvalue weighted by Crippen LogP contribution is -2.48. The number of carbonyl (C=O) groups is 1. The van der Waals surface area contributed by atoms with Gasteiger partial charge >= 0.3 is 5.97 Å². The summed E-state index contributed by atoms with van der Waals surface area (Å²) in [5, 5.41) is 10.1. The lowest BCUT2D eigenvalue weighted by Gasteiger charge is -2.56. The van der Waals surface area contributed by atoms with Gasteiger partial charge in [0.25, 0.3) is 0 Å². The van der Waals surface area contributed by atoms with Crippen LogP contribution in [-0.4, -0.2) is 29.6 Å². The molecule has 4 heteroatoms. The molecular formula is C30H48O4. The third kappa shape index (κ3) is 5.05. The van der Waals surface area contributed by atoms with Gasteiger partial charge < -0.3 is 14.6 Å². The van der Waals surface area contributed by atoms with Crippen molar-refractivity contribution in [3.05, 3.63) is 23.3 Å². The SMILES string of the molecule is CC(=O)OCO[C@H]1CC2(C)C(=CC=C3C2CC[C@@]2(C)C3CC[C@@H]2CCCCC(C)(C)O)C[C@H]1C. The molecule has 3 unspecified atom stereocenters. The molecule has 1 N–H and O–H groups in total. The summed E-state index contributed by atoms with van der Waals surface area (Å²) in [6.45, 7) is 12.7. The van der Waals surface area contributed by atoms with E-state index in [9.17, 15) is 9.90 Å². The van der Waals surface area contributed by atoms with Crippen LogP contribution in [0, 0.1) is 34.5 Å². The highest BCUT2D eigenvalue weighted by Crippen LogP contribution is 2.65. The molecule has 0 heterocycles. The Morgan fingerprint density at radius 2 is 1.91 bits per heavy atom. The second-order valence-corrected chi connectivity index (χ2v) is 13.1. The van der Waals surface area contributed by atoms with Gasteiger partial charge in [-0.2, -0.15) is 0 Å². The van der Waals surface area contributed by atoms with Crippen molar-refractivity contribution in [3.63, 3.8) is 0 Å². The molecule has 0 saturated heterocycles. The van der Waals surface area contributed by atoms with Gasteiger partial charge in [-0.1, -0.05) is 56.9 Å². The summed E-state index contributed by atoms with van der Waals surface area (Å²) in [5.41, 5.74) is 3.36. The first-order valence-corrected chi connectivity index (χ1v) is 13.8. The molecule has 3 fully saturated rings. The molecule has 192 valence electrons. The number of ether oxygens (including phenoxy) is 2. The van der Waals surface area contributed by atoms with E-state index in [1.54, 1.807) is 11.1 Å². The molecule has 4 aliphatic carbocycles. The Kier molecular flexibility index (Phi) is 7.43. The van der Waals surface area contributed by atoms with Crippen LogP contribution in [0.3, 0.4) is 0 Å². The number of rotatable bonds is 8. The van der Waals surface area contributed by atoms with E-state index in [4.69, 9.17) is 9.47 Å². The van der Waals surface area contributed by atoms with Gasteiger partial charge in [-0.05, 0) is 99.7 Å². The predicted octanol–water partition coefficient (Wildman–Crippen LogP) is 6.97. The minimum Gasteiger partial charge on any atom is -0.439 e. The zero-order valence-electron chi connectivity index (χ0n) is 22.5. The molecule has 7 atom stereocenters. The first-order chi connectivity index (χ1) is 15.9. The summed E-state index contributed by atoms with van der Waals surface area (Å²) in [7, 11) is 0. The number of hydrogen-bond acceptors (Lipinski definition) is 4. The fourth-order valence-corrected chi connectivity index (χ4v) is 8.15. The van der Waals surface area contributed by atoms with E-state index >= 15 is 0 Å². The molecule has 3 saturated carbocycles. The molecule has 0 aromatic carbocycles. The highest BCUT2D eigenvalue weighted by molar-refractivity contribution is 5.65.